The Morgan fingerprint density at radius 1 is 0.973 bits per heavy atom. The quantitative estimate of drug-likeness (QED) is 0.251. The summed E-state index contributed by atoms with van der Waals surface area (Å²) in [6.45, 7) is 3.98. The minimum Gasteiger partial charge on any atom is -0.493 e. The van der Waals surface area contributed by atoms with Gasteiger partial charge in [0.05, 0.1) is 18.3 Å². The van der Waals surface area contributed by atoms with Gasteiger partial charge in [-0.1, -0.05) is 25.1 Å². The van der Waals surface area contributed by atoms with Crippen LogP contribution in [0.3, 0.4) is 0 Å². The first kappa shape index (κ1) is 27.8. The maximum atomic E-state index is 14.1. The zero-order chi connectivity index (χ0) is 27.0. The van der Waals surface area contributed by atoms with E-state index in [0.29, 0.717) is 18.6 Å². The fraction of sp³-hybridized carbons (Fsp3) is 0.321. The molecule has 0 aromatic heterocycles. The molecule has 1 atom stereocenters. The third-order valence-corrected chi connectivity index (χ3v) is 5.62. The van der Waals surface area contributed by atoms with Gasteiger partial charge in [0.15, 0.2) is 23.1 Å². The average Bonchev–Trinajstić information content (AvgIpc) is 2.84. The standard InChI is InChI=1S/C28H28F4O5/c1-3-19-16-22(11-8-20(19)9-13-27(33)34)35-15-14-18(2)36-25-12-10-21(28(30,31)32)17-26(25)37-24-7-5-4-6-23(24)29/h4-8,10-12,16-18H,3,9,13-15H2,1-2H3,(H,33,34)/t18-/m1/s1. The Hall–Kier alpha value is -3.75. The molecule has 1 N–H and O–H groups in total. The van der Waals surface area contributed by atoms with Crippen LogP contribution in [0, 0.1) is 5.82 Å². The third kappa shape index (κ3) is 8.13. The number of halogens is 4. The van der Waals surface area contributed by atoms with E-state index in [-0.39, 0.29) is 30.3 Å². The number of aryl methyl sites for hydroxylation is 2. The Labute approximate surface area is 212 Å². The summed E-state index contributed by atoms with van der Waals surface area (Å²) in [6.07, 6.45) is -3.44. The molecule has 0 bridgehead atoms. The minimum absolute atomic E-state index is 0.0415. The number of aliphatic carboxylic acids is 1. The molecule has 0 unspecified atom stereocenters. The van der Waals surface area contributed by atoms with Crippen LogP contribution in [0.25, 0.3) is 0 Å². The van der Waals surface area contributed by atoms with Gasteiger partial charge in [0.2, 0.25) is 0 Å². The molecular formula is C28H28F4O5. The first-order chi connectivity index (χ1) is 17.6. The molecule has 198 valence electrons. The predicted octanol–water partition coefficient (Wildman–Crippen LogP) is 7.45. The maximum Gasteiger partial charge on any atom is 0.416 e. The summed E-state index contributed by atoms with van der Waals surface area (Å²) in [5, 5.41) is 8.91. The van der Waals surface area contributed by atoms with Gasteiger partial charge in [0.1, 0.15) is 5.75 Å². The van der Waals surface area contributed by atoms with E-state index in [1.165, 1.54) is 18.2 Å². The van der Waals surface area contributed by atoms with E-state index >= 15 is 0 Å². The molecule has 0 radical (unpaired) electrons. The van der Waals surface area contributed by atoms with Gasteiger partial charge in [-0.2, -0.15) is 13.2 Å². The van der Waals surface area contributed by atoms with E-state index in [4.69, 9.17) is 19.3 Å². The van der Waals surface area contributed by atoms with Crippen LogP contribution in [0.15, 0.2) is 60.7 Å². The Balaban J connectivity index is 1.65. The Kier molecular flexibility index (Phi) is 9.38. The molecule has 0 aliphatic rings. The highest BCUT2D eigenvalue weighted by molar-refractivity contribution is 5.67. The van der Waals surface area contributed by atoms with Crippen LogP contribution in [-0.4, -0.2) is 23.8 Å². The zero-order valence-electron chi connectivity index (χ0n) is 20.5. The lowest BCUT2D eigenvalue weighted by atomic mass is 10.0. The lowest BCUT2D eigenvalue weighted by Crippen LogP contribution is -2.16. The van der Waals surface area contributed by atoms with Gasteiger partial charge in [-0.25, -0.2) is 4.39 Å². The summed E-state index contributed by atoms with van der Waals surface area (Å²) in [6, 6.07) is 13.7. The summed E-state index contributed by atoms with van der Waals surface area (Å²) in [7, 11) is 0. The van der Waals surface area contributed by atoms with Crippen molar-refractivity contribution in [2.75, 3.05) is 6.61 Å². The topological polar surface area (TPSA) is 65.0 Å². The molecule has 3 rings (SSSR count). The lowest BCUT2D eigenvalue weighted by Gasteiger charge is -2.19. The summed E-state index contributed by atoms with van der Waals surface area (Å²) in [5.41, 5.74) is 1.02. The summed E-state index contributed by atoms with van der Waals surface area (Å²) in [4.78, 5) is 10.9. The highest BCUT2D eigenvalue weighted by atomic mass is 19.4. The van der Waals surface area contributed by atoms with Crippen LogP contribution in [0.4, 0.5) is 17.6 Å². The van der Waals surface area contributed by atoms with Crippen LogP contribution < -0.4 is 14.2 Å². The molecule has 3 aromatic carbocycles. The van der Waals surface area contributed by atoms with Crippen LogP contribution in [0.5, 0.6) is 23.0 Å². The van der Waals surface area contributed by atoms with Gasteiger partial charge in [-0.05, 0) is 73.4 Å². The van der Waals surface area contributed by atoms with Crippen molar-refractivity contribution in [2.24, 2.45) is 0 Å². The number of benzene rings is 3. The lowest BCUT2D eigenvalue weighted by molar-refractivity contribution is -0.138. The second-order valence-corrected chi connectivity index (χ2v) is 8.44. The highest BCUT2D eigenvalue weighted by Crippen LogP contribution is 2.39. The van der Waals surface area contributed by atoms with Gasteiger partial charge in [0, 0.05) is 12.8 Å². The third-order valence-electron chi connectivity index (χ3n) is 5.62. The minimum atomic E-state index is -4.61. The van der Waals surface area contributed by atoms with Crippen molar-refractivity contribution in [3.63, 3.8) is 0 Å². The number of carboxylic acid groups (broad SMARTS) is 1. The normalized spacial score (nSPS) is 12.2. The second-order valence-electron chi connectivity index (χ2n) is 8.44. The second kappa shape index (κ2) is 12.5. The molecule has 0 heterocycles. The number of rotatable bonds is 12. The van der Waals surface area contributed by atoms with Crippen LogP contribution in [0.2, 0.25) is 0 Å². The van der Waals surface area contributed by atoms with E-state index in [2.05, 4.69) is 0 Å². The van der Waals surface area contributed by atoms with Crippen LogP contribution >= 0.6 is 0 Å². The maximum absolute atomic E-state index is 14.1. The summed E-state index contributed by atoms with van der Waals surface area (Å²) in [5.74, 6) is -1.38. The molecule has 0 aliphatic carbocycles. The molecule has 0 aliphatic heterocycles. The monoisotopic (exact) mass is 520 g/mol. The van der Waals surface area contributed by atoms with E-state index in [0.717, 1.165) is 41.8 Å². The van der Waals surface area contributed by atoms with E-state index in [1.54, 1.807) is 13.0 Å². The molecule has 37 heavy (non-hydrogen) atoms. The Bertz CT molecular complexity index is 1210. The molecule has 5 nitrogen and oxygen atoms in total. The highest BCUT2D eigenvalue weighted by Gasteiger charge is 2.32. The van der Waals surface area contributed by atoms with Crippen molar-refractivity contribution in [3.05, 3.63) is 83.2 Å². The number of carbonyl (C=O) groups is 1. The number of alkyl halides is 3. The van der Waals surface area contributed by atoms with Gasteiger partial charge in [0.25, 0.3) is 0 Å². The fourth-order valence-electron chi connectivity index (χ4n) is 3.63. The fourth-order valence-corrected chi connectivity index (χ4v) is 3.63. The van der Waals surface area contributed by atoms with Gasteiger partial charge >= 0.3 is 12.1 Å². The van der Waals surface area contributed by atoms with Crippen LogP contribution in [-0.2, 0) is 23.8 Å². The van der Waals surface area contributed by atoms with Crippen molar-refractivity contribution in [1.29, 1.82) is 0 Å². The molecule has 3 aromatic rings. The molecule has 0 fully saturated rings. The van der Waals surface area contributed by atoms with Crippen molar-refractivity contribution < 1.29 is 41.7 Å². The Morgan fingerprint density at radius 2 is 1.73 bits per heavy atom. The predicted molar refractivity (Wildman–Crippen MR) is 130 cm³/mol. The zero-order valence-corrected chi connectivity index (χ0v) is 20.5. The van der Waals surface area contributed by atoms with Crippen molar-refractivity contribution in [3.8, 4) is 23.0 Å². The van der Waals surface area contributed by atoms with Crippen molar-refractivity contribution >= 4 is 5.97 Å². The molecule has 0 saturated carbocycles. The summed E-state index contributed by atoms with van der Waals surface area (Å²) < 4.78 is 70.9. The van der Waals surface area contributed by atoms with Crippen molar-refractivity contribution in [2.45, 2.75) is 51.8 Å². The first-order valence-corrected chi connectivity index (χ1v) is 11.8. The van der Waals surface area contributed by atoms with Crippen LogP contribution in [0.1, 0.15) is 43.4 Å². The average molecular weight is 521 g/mol. The van der Waals surface area contributed by atoms with Gasteiger partial charge < -0.3 is 19.3 Å². The van der Waals surface area contributed by atoms with Gasteiger partial charge in [-0.3, -0.25) is 4.79 Å². The van der Waals surface area contributed by atoms with E-state index < -0.39 is 29.6 Å². The number of hydrogen-bond acceptors (Lipinski definition) is 4. The molecular weight excluding hydrogens is 492 g/mol. The van der Waals surface area contributed by atoms with Crippen molar-refractivity contribution in [1.82, 2.24) is 0 Å². The molecule has 0 saturated heterocycles. The molecule has 0 amide bonds. The number of ether oxygens (including phenoxy) is 3. The van der Waals surface area contributed by atoms with Gasteiger partial charge in [-0.15, -0.1) is 0 Å². The smallest absolute Gasteiger partial charge is 0.416 e. The molecule has 0 spiro atoms. The van der Waals surface area contributed by atoms with E-state index in [9.17, 15) is 22.4 Å². The summed E-state index contributed by atoms with van der Waals surface area (Å²) >= 11 is 0. The largest absolute Gasteiger partial charge is 0.493 e. The van der Waals surface area contributed by atoms with E-state index in [1.807, 2.05) is 19.1 Å². The number of hydrogen-bond donors (Lipinski definition) is 1. The molecule has 9 heteroatoms. The first-order valence-electron chi connectivity index (χ1n) is 11.8. The SMILES string of the molecule is CCc1cc(OCC[C@@H](C)Oc2ccc(C(F)(F)F)cc2Oc2ccccc2F)ccc1CCC(=O)O. The number of para-hydroxylation sites is 1. The Morgan fingerprint density at radius 3 is 2.41 bits per heavy atom. The number of carboxylic acids is 1.